The van der Waals surface area contributed by atoms with Crippen molar-refractivity contribution in [3.63, 3.8) is 0 Å². The Morgan fingerprint density at radius 3 is 2.70 bits per heavy atom. The summed E-state index contributed by atoms with van der Waals surface area (Å²) in [6.45, 7) is 0.466. The molecule has 0 N–H and O–H groups in total. The largest absolute Gasteiger partial charge is 0.497 e. The predicted octanol–water partition coefficient (Wildman–Crippen LogP) is 3.98. The smallest absolute Gasteiger partial charge is 0.276 e. The molecule has 0 aliphatic carbocycles. The van der Waals surface area contributed by atoms with Gasteiger partial charge in [-0.1, -0.05) is 23.4 Å². The zero-order valence-corrected chi connectivity index (χ0v) is 16.6. The number of ether oxygens (including phenoxy) is 1. The van der Waals surface area contributed by atoms with E-state index in [-0.39, 0.29) is 29.8 Å². The summed E-state index contributed by atoms with van der Waals surface area (Å²) >= 11 is 0. The van der Waals surface area contributed by atoms with Crippen LogP contribution in [0.5, 0.6) is 5.75 Å². The summed E-state index contributed by atoms with van der Waals surface area (Å²) in [6, 6.07) is 11.3. The number of hydrogen-bond donors (Lipinski definition) is 0. The molecular weight excluding hydrogens is 390 g/mol. The van der Waals surface area contributed by atoms with Gasteiger partial charge in [0.15, 0.2) is 5.69 Å². The second kappa shape index (κ2) is 8.61. The first-order chi connectivity index (χ1) is 14.6. The fraction of sp³-hybridized carbons (Fsp3) is 0.318. The zero-order valence-electron chi connectivity index (χ0n) is 16.6. The van der Waals surface area contributed by atoms with Crippen molar-refractivity contribution in [1.82, 2.24) is 19.9 Å². The van der Waals surface area contributed by atoms with Gasteiger partial charge in [0.1, 0.15) is 17.4 Å². The zero-order chi connectivity index (χ0) is 21.1. The molecule has 0 radical (unpaired) electrons. The van der Waals surface area contributed by atoms with Gasteiger partial charge in [0.05, 0.1) is 25.9 Å². The first kappa shape index (κ1) is 20.0. The molecule has 1 aliphatic heterocycles. The summed E-state index contributed by atoms with van der Waals surface area (Å²) in [5, 5.41) is 7.86. The molecule has 3 aromatic rings. The highest BCUT2D eigenvalue weighted by Gasteiger charge is 2.30. The summed E-state index contributed by atoms with van der Waals surface area (Å²) in [7, 11) is 1.61. The number of rotatable bonds is 5. The van der Waals surface area contributed by atoms with Gasteiger partial charge in [-0.3, -0.25) is 4.79 Å². The van der Waals surface area contributed by atoms with Crippen molar-refractivity contribution in [3.05, 3.63) is 77.1 Å². The molecule has 4 rings (SSSR count). The highest BCUT2D eigenvalue weighted by Crippen LogP contribution is 2.33. The number of piperidine rings is 1. The van der Waals surface area contributed by atoms with Crippen LogP contribution < -0.4 is 4.74 Å². The molecule has 0 saturated carbocycles. The molecule has 156 valence electrons. The van der Waals surface area contributed by atoms with E-state index >= 15 is 0 Å². The number of nitrogens with zero attached hydrogens (tertiary/aromatic N) is 4. The third-order valence-corrected chi connectivity index (χ3v) is 5.38. The van der Waals surface area contributed by atoms with E-state index in [4.69, 9.17) is 4.74 Å². The van der Waals surface area contributed by atoms with Gasteiger partial charge in [0, 0.05) is 12.1 Å². The normalized spacial score (nSPS) is 16.5. The lowest BCUT2D eigenvalue weighted by Gasteiger charge is -2.35. The number of likely N-dealkylation sites (tertiary alicyclic amines) is 1. The SMILES string of the molecule is COc1cccc([C@@H]2CCCCN2C(=O)c2cn(Cc3c(F)cccc3F)nn2)c1. The lowest BCUT2D eigenvalue weighted by molar-refractivity contribution is 0.0605. The second-order valence-corrected chi connectivity index (χ2v) is 7.29. The van der Waals surface area contributed by atoms with Gasteiger partial charge in [0.25, 0.3) is 5.91 Å². The minimum Gasteiger partial charge on any atom is -0.497 e. The highest BCUT2D eigenvalue weighted by molar-refractivity contribution is 5.92. The van der Waals surface area contributed by atoms with Gasteiger partial charge < -0.3 is 9.64 Å². The van der Waals surface area contributed by atoms with Crippen LogP contribution in [0.3, 0.4) is 0 Å². The van der Waals surface area contributed by atoms with E-state index in [1.165, 1.54) is 29.1 Å². The molecule has 1 saturated heterocycles. The number of hydrogen-bond acceptors (Lipinski definition) is 4. The molecule has 30 heavy (non-hydrogen) atoms. The molecule has 1 aromatic heterocycles. The number of amides is 1. The molecular formula is C22H22F2N4O2. The van der Waals surface area contributed by atoms with Crippen LogP contribution >= 0.6 is 0 Å². The molecule has 1 fully saturated rings. The van der Waals surface area contributed by atoms with Crippen molar-refractivity contribution in [3.8, 4) is 5.75 Å². The first-order valence-electron chi connectivity index (χ1n) is 9.85. The average molecular weight is 412 g/mol. The van der Waals surface area contributed by atoms with Crippen molar-refractivity contribution in [2.75, 3.05) is 13.7 Å². The Kier molecular flexibility index (Phi) is 5.74. The molecule has 2 heterocycles. The maximum absolute atomic E-state index is 13.9. The topological polar surface area (TPSA) is 60.2 Å². The van der Waals surface area contributed by atoms with Gasteiger partial charge in [-0.25, -0.2) is 13.5 Å². The van der Waals surface area contributed by atoms with Gasteiger partial charge in [0.2, 0.25) is 0 Å². The number of carbonyl (C=O) groups is 1. The lowest BCUT2D eigenvalue weighted by Crippen LogP contribution is -2.38. The Bertz CT molecular complexity index is 1030. The van der Waals surface area contributed by atoms with Crippen LogP contribution in [0.4, 0.5) is 8.78 Å². The van der Waals surface area contributed by atoms with E-state index in [1.807, 2.05) is 24.3 Å². The van der Waals surface area contributed by atoms with Crippen molar-refractivity contribution in [2.24, 2.45) is 0 Å². The van der Waals surface area contributed by atoms with Crippen molar-refractivity contribution in [2.45, 2.75) is 31.8 Å². The van der Waals surface area contributed by atoms with Crippen LogP contribution in [-0.4, -0.2) is 39.5 Å². The van der Waals surface area contributed by atoms with Crippen molar-refractivity contribution < 1.29 is 18.3 Å². The number of methoxy groups -OCH3 is 1. The minimum absolute atomic E-state index is 0.0875. The summed E-state index contributed by atoms with van der Waals surface area (Å²) < 4.78 is 34.4. The summed E-state index contributed by atoms with van der Waals surface area (Å²) in [6.07, 6.45) is 4.20. The molecule has 0 spiro atoms. The van der Waals surface area contributed by atoms with Gasteiger partial charge in [-0.05, 0) is 49.1 Å². The summed E-state index contributed by atoms with van der Waals surface area (Å²) in [4.78, 5) is 15.0. The lowest BCUT2D eigenvalue weighted by atomic mass is 9.94. The van der Waals surface area contributed by atoms with Crippen molar-refractivity contribution in [1.29, 1.82) is 0 Å². The Hall–Kier alpha value is -3.29. The van der Waals surface area contributed by atoms with E-state index < -0.39 is 11.6 Å². The fourth-order valence-electron chi connectivity index (χ4n) is 3.84. The maximum Gasteiger partial charge on any atom is 0.276 e. The third kappa shape index (κ3) is 4.03. The van der Waals surface area contributed by atoms with Crippen LogP contribution in [0.15, 0.2) is 48.7 Å². The number of carbonyl (C=O) groups excluding carboxylic acids is 1. The highest BCUT2D eigenvalue weighted by atomic mass is 19.1. The van der Waals surface area contributed by atoms with Crippen LogP contribution in [0.2, 0.25) is 0 Å². The fourth-order valence-corrected chi connectivity index (χ4v) is 3.84. The Morgan fingerprint density at radius 1 is 1.17 bits per heavy atom. The molecule has 1 amide bonds. The Labute approximate surface area is 173 Å². The van der Waals surface area contributed by atoms with E-state index in [0.29, 0.717) is 6.54 Å². The number of benzene rings is 2. The molecule has 0 bridgehead atoms. The van der Waals surface area contributed by atoms with Crippen LogP contribution in [0, 0.1) is 11.6 Å². The average Bonchev–Trinajstić information content (AvgIpc) is 3.24. The van der Waals surface area contributed by atoms with Crippen LogP contribution in [0.1, 0.15) is 46.9 Å². The molecule has 0 unspecified atom stereocenters. The van der Waals surface area contributed by atoms with Gasteiger partial charge >= 0.3 is 0 Å². The first-order valence-corrected chi connectivity index (χ1v) is 9.85. The molecule has 2 aromatic carbocycles. The number of halogens is 2. The van der Waals surface area contributed by atoms with Crippen molar-refractivity contribution >= 4 is 5.91 Å². The van der Waals surface area contributed by atoms with E-state index in [0.717, 1.165) is 30.6 Å². The molecule has 1 atom stereocenters. The number of aromatic nitrogens is 3. The Balaban J connectivity index is 1.56. The summed E-state index contributed by atoms with van der Waals surface area (Å²) in [5.74, 6) is -0.828. The minimum atomic E-state index is -0.660. The molecule has 8 heteroatoms. The quantitative estimate of drug-likeness (QED) is 0.636. The van der Waals surface area contributed by atoms with Crippen LogP contribution in [0.25, 0.3) is 0 Å². The summed E-state index contributed by atoms with van der Waals surface area (Å²) in [5.41, 5.74) is 1.04. The van der Waals surface area contributed by atoms with E-state index in [2.05, 4.69) is 10.3 Å². The van der Waals surface area contributed by atoms with Gasteiger partial charge in [-0.15, -0.1) is 5.10 Å². The molecule has 1 aliphatic rings. The molecule has 6 nitrogen and oxygen atoms in total. The van der Waals surface area contributed by atoms with E-state index in [9.17, 15) is 13.6 Å². The van der Waals surface area contributed by atoms with Gasteiger partial charge in [-0.2, -0.15) is 0 Å². The Morgan fingerprint density at radius 2 is 1.93 bits per heavy atom. The monoisotopic (exact) mass is 412 g/mol. The maximum atomic E-state index is 13.9. The second-order valence-electron chi connectivity index (χ2n) is 7.29. The third-order valence-electron chi connectivity index (χ3n) is 5.38. The van der Waals surface area contributed by atoms with E-state index in [1.54, 1.807) is 12.0 Å². The predicted molar refractivity (Wildman–Crippen MR) is 106 cm³/mol. The standard InChI is InChI=1S/C22H22F2N4O2/c1-30-16-7-4-6-15(12-16)21-10-2-3-11-28(21)22(29)20-14-27(26-25-20)13-17-18(23)8-5-9-19(17)24/h4-9,12,14,21H,2-3,10-11,13H2,1H3/t21-/m0/s1. The van der Waals surface area contributed by atoms with Crippen LogP contribution in [-0.2, 0) is 6.54 Å².